The third-order valence-electron chi connectivity index (χ3n) is 3.65. The van der Waals surface area contributed by atoms with Crippen LogP contribution in [0.5, 0.6) is 0 Å². The highest BCUT2D eigenvalue weighted by atomic mass is 19.3. The highest BCUT2D eigenvalue weighted by Gasteiger charge is 2.38. The van der Waals surface area contributed by atoms with Crippen molar-refractivity contribution < 1.29 is 8.78 Å². The number of nitrogens with one attached hydrogen (secondary N) is 1. The first-order chi connectivity index (χ1) is 8.55. The van der Waals surface area contributed by atoms with Gasteiger partial charge in [-0.3, -0.25) is 0 Å². The lowest BCUT2D eigenvalue weighted by atomic mass is 9.86. The standard InChI is InChI=1S/C13H15F2N3/c1-8-4-6-16-12-10(8)17-11(18-12)9-3-2-5-13(14,15)7-9/h4,6,9H,2-3,5,7H2,1H3,(H,16,17,18). The number of rotatable bonds is 1. The molecule has 1 saturated carbocycles. The van der Waals surface area contributed by atoms with E-state index in [9.17, 15) is 8.78 Å². The Labute approximate surface area is 104 Å². The fourth-order valence-corrected chi connectivity index (χ4v) is 2.65. The molecule has 3 rings (SSSR count). The fourth-order valence-electron chi connectivity index (χ4n) is 2.65. The Morgan fingerprint density at radius 3 is 3.00 bits per heavy atom. The molecule has 0 saturated heterocycles. The number of aromatic amines is 1. The van der Waals surface area contributed by atoms with Crippen LogP contribution in [-0.4, -0.2) is 20.9 Å². The molecule has 2 aromatic rings. The summed E-state index contributed by atoms with van der Waals surface area (Å²) in [6.07, 6.45) is 2.92. The second-order valence-electron chi connectivity index (χ2n) is 5.10. The van der Waals surface area contributed by atoms with Gasteiger partial charge in [0, 0.05) is 25.0 Å². The molecule has 0 radical (unpaired) electrons. The Hall–Kier alpha value is -1.52. The summed E-state index contributed by atoms with van der Waals surface area (Å²) >= 11 is 0. The molecule has 96 valence electrons. The first kappa shape index (κ1) is 11.6. The van der Waals surface area contributed by atoms with Crippen LogP contribution in [-0.2, 0) is 0 Å². The largest absolute Gasteiger partial charge is 0.340 e. The SMILES string of the molecule is Cc1ccnc2nc(C3CCCC(F)(F)C3)[nH]c12. The van der Waals surface area contributed by atoms with Gasteiger partial charge in [-0.25, -0.2) is 18.7 Å². The van der Waals surface area contributed by atoms with Crippen molar-refractivity contribution in [3.8, 4) is 0 Å². The van der Waals surface area contributed by atoms with Crippen molar-refractivity contribution >= 4 is 11.2 Å². The van der Waals surface area contributed by atoms with Gasteiger partial charge in [-0.1, -0.05) is 0 Å². The molecule has 1 unspecified atom stereocenters. The average molecular weight is 251 g/mol. The predicted molar refractivity (Wildman–Crippen MR) is 64.8 cm³/mol. The summed E-state index contributed by atoms with van der Waals surface area (Å²) < 4.78 is 26.8. The first-order valence-corrected chi connectivity index (χ1v) is 6.24. The number of hydrogen-bond acceptors (Lipinski definition) is 2. The van der Waals surface area contributed by atoms with Gasteiger partial charge in [0.1, 0.15) is 5.82 Å². The average Bonchev–Trinajstić information content (AvgIpc) is 2.73. The molecular weight excluding hydrogens is 236 g/mol. The lowest BCUT2D eigenvalue weighted by Gasteiger charge is -2.27. The van der Waals surface area contributed by atoms with Crippen LogP contribution < -0.4 is 0 Å². The molecule has 0 amide bonds. The van der Waals surface area contributed by atoms with Crippen molar-refractivity contribution in [1.29, 1.82) is 0 Å². The van der Waals surface area contributed by atoms with Crippen LogP contribution in [0.2, 0.25) is 0 Å². The van der Waals surface area contributed by atoms with Gasteiger partial charge >= 0.3 is 0 Å². The maximum absolute atomic E-state index is 13.4. The Balaban J connectivity index is 1.97. The number of aryl methyl sites for hydroxylation is 1. The summed E-state index contributed by atoms with van der Waals surface area (Å²) in [5.74, 6) is -2.07. The summed E-state index contributed by atoms with van der Waals surface area (Å²) in [4.78, 5) is 11.7. The zero-order valence-electron chi connectivity index (χ0n) is 10.2. The normalized spacial score (nSPS) is 23.4. The second-order valence-corrected chi connectivity index (χ2v) is 5.10. The Kier molecular flexibility index (Phi) is 2.57. The summed E-state index contributed by atoms with van der Waals surface area (Å²) in [7, 11) is 0. The molecule has 1 fully saturated rings. The maximum atomic E-state index is 13.4. The van der Waals surface area contributed by atoms with Gasteiger partial charge in [0.2, 0.25) is 5.92 Å². The summed E-state index contributed by atoms with van der Waals surface area (Å²) in [6.45, 7) is 1.96. The van der Waals surface area contributed by atoms with Crippen LogP contribution in [0, 0.1) is 6.92 Å². The number of pyridine rings is 1. The molecule has 0 aliphatic heterocycles. The van der Waals surface area contributed by atoms with Gasteiger partial charge in [0.15, 0.2) is 5.65 Å². The summed E-state index contributed by atoms with van der Waals surface area (Å²) in [5.41, 5.74) is 2.53. The Bertz CT molecular complexity index is 577. The summed E-state index contributed by atoms with van der Waals surface area (Å²) in [6, 6.07) is 1.89. The molecule has 5 heteroatoms. The van der Waals surface area contributed by atoms with E-state index in [4.69, 9.17) is 0 Å². The van der Waals surface area contributed by atoms with E-state index in [1.165, 1.54) is 0 Å². The molecule has 18 heavy (non-hydrogen) atoms. The minimum Gasteiger partial charge on any atom is -0.340 e. The van der Waals surface area contributed by atoms with Gasteiger partial charge in [-0.2, -0.15) is 0 Å². The molecule has 0 bridgehead atoms. The van der Waals surface area contributed by atoms with Gasteiger partial charge in [-0.05, 0) is 31.4 Å². The van der Waals surface area contributed by atoms with Gasteiger partial charge in [-0.15, -0.1) is 0 Å². The summed E-state index contributed by atoms with van der Waals surface area (Å²) in [5, 5.41) is 0. The molecular formula is C13H15F2N3. The van der Waals surface area contributed by atoms with E-state index in [1.807, 2.05) is 13.0 Å². The van der Waals surface area contributed by atoms with Crippen molar-refractivity contribution in [3.63, 3.8) is 0 Å². The number of imidazole rings is 1. The molecule has 2 heterocycles. The highest BCUT2D eigenvalue weighted by molar-refractivity contribution is 5.74. The number of H-pyrrole nitrogens is 1. The quantitative estimate of drug-likeness (QED) is 0.842. The molecule has 0 spiro atoms. The third kappa shape index (κ3) is 1.98. The number of nitrogens with zero attached hydrogens (tertiary/aromatic N) is 2. The molecule has 1 aliphatic rings. The van der Waals surface area contributed by atoms with Crippen LogP contribution >= 0.6 is 0 Å². The third-order valence-corrected chi connectivity index (χ3v) is 3.65. The van der Waals surface area contributed by atoms with E-state index >= 15 is 0 Å². The van der Waals surface area contributed by atoms with E-state index in [-0.39, 0.29) is 18.8 Å². The zero-order valence-corrected chi connectivity index (χ0v) is 10.2. The van der Waals surface area contributed by atoms with Gasteiger partial charge in [0.05, 0.1) is 5.52 Å². The monoisotopic (exact) mass is 251 g/mol. The van der Waals surface area contributed by atoms with E-state index < -0.39 is 5.92 Å². The zero-order chi connectivity index (χ0) is 12.8. The van der Waals surface area contributed by atoms with Crippen molar-refractivity contribution in [2.75, 3.05) is 0 Å². The van der Waals surface area contributed by atoms with E-state index in [2.05, 4.69) is 15.0 Å². The lowest BCUT2D eigenvalue weighted by Crippen LogP contribution is -2.25. The van der Waals surface area contributed by atoms with E-state index in [0.717, 1.165) is 17.5 Å². The van der Waals surface area contributed by atoms with Crippen molar-refractivity contribution in [3.05, 3.63) is 23.7 Å². The maximum Gasteiger partial charge on any atom is 0.248 e. The van der Waals surface area contributed by atoms with Crippen molar-refractivity contribution in [2.24, 2.45) is 0 Å². The number of fused-ring (bicyclic) bond motifs is 1. The van der Waals surface area contributed by atoms with Gasteiger partial charge in [0.25, 0.3) is 0 Å². The molecule has 1 aliphatic carbocycles. The minimum atomic E-state index is -2.55. The van der Waals surface area contributed by atoms with Crippen LogP contribution in [0.15, 0.2) is 12.3 Å². The van der Waals surface area contributed by atoms with Crippen molar-refractivity contribution in [2.45, 2.75) is 44.4 Å². The molecule has 1 N–H and O–H groups in total. The molecule has 1 atom stereocenters. The molecule has 0 aromatic carbocycles. The number of alkyl halides is 2. The number of aromatic nitrogens is 3. The van der Waals surface area contributed by atoms with Crippen LogP contribution in [0.3, 0.4) is 0 Å². The molecule has 3 nitrogen and oxygen atoms in total. The highest BCUT2D eigenvalue weighted by Crippen LogP contribution is 2.41. The minimum absolute atomic E-state index is 0.000998. The topological polar surface area (TPSA) is 41.6 Å². The van der Waals surface area contributed by atoms with Crippen LogP contribution in [0.25, 0.3) is 11.2 Å². The van der Waals surface area contributed by atoms with Crippen LogP contribution in [0.1, 0.15) is 43.0 Å². The van der Waals surface area contributed by atoms with Crippen LogP contribution in [0.4, 0.5) is 8.78 Å². The lowest BCUT2D eigenvalue weighted by molar-refractivity contribution is -0.0416. The van der Waals surface area contributed by atoms with Crippen molar-refractivity contribution in [1.82, 2.24) is 15.0 Å². The Morgan fingerprint density at radius 2 is 2.28 bits per heavy atom. The number of hydrogen-bond donors (Lipinski definition) is 1. The second kappa shape index (κ2) is 4.00. The Morgan fingerprint density at radius 1 is 1.44 bits per heavy atom. The number of halogens is 2. The first-order valence-electron chi connectivity index (χ1n) is 6.24. The van der Waals surface area contributed by atoms with E-state index in [0.29, 0.717) is 17.9 Å². The fraction of sp³-hybridized carbons (Fsp3) is 0.538. The smallest absolute Gasteiger partial charge is 0.248 e. The predicted octanol–water partition coefficient (Wildman–Crippen LogP) is 3.56. The van der Waals surface area contributed by atoms with E-state index in [1.54, 1.807) is 6.20 Å². The van der Waals surface area contributed by atoms with Gasteiger partial charge < -0.3 is 4.98 Å². The molecule has 2 aromatic heterocycles.